The van der Waals surface area contributed by atoms with E-state index in [1.807, 2.05) is 0 Å². The molecule has 0 aliphatic carbocycles. The van der Waals surface area contributed by atoms with E-state index in [0.29, 0.717) is 25.4 Å². The molecule has 0 spiro atoms. The second kappa shape index (κ2) is 8.03. The van der Waals surface area contributed by atoms with Gasteiger partial charge in [-0.3, -0.25) is 0 Å². The fourth-order valence-corrected chi connectivity index (χ4v) is 2.38. The first-order valence-electron chi connectivity index (χ1n) is 5.97. The summed E-state index contributed by atoms with van der Waals surface area (Å²) in [6.07, 6.45) is 3.47. The first kappa shape index (κ1) is 15.9. The quantitative estimate of drug-likeness (QED) is 0.595. The maximum atomic E-state index is 10.9. The van der Waals surface area contributed by atoms with Gasteiger partial charge in [-0.05, 0) is 18.9 Å². The summed E-state index contributed by atoms with van der Waals surface area (Å²) in [7, 11) is -2.85. The van der Waals surface area contributed by atoms with E-state index >= 15 is 0 Å². The van der Waals surface area contributed by atoms with Crippen molar-refractivity contribution in [3.63, 3.8) is 0 Å². The molecule has 0 bridgehead atoms. The molecule has 98 valence electrons. The van der Waals surface area contributed by atoms with E-state index in [1.165, 1.54) is 6.26 Å². The summed E-state index contributed by atoms with van der Waals surface area (Å²) in [5.74, 6) is 0.545. The molecule has 4 nitrogen and oxygen atoms in total. The number of hydrogen-bond donors (Lipinski definition) is 2. The van der Waals surface area contributed by atoms with Gasteiger partial charge in [0.05, 0.1) is 11.9 Å². The lowest BCUT2D eigenvalue weighted by Crippen LogP contribution is -2.33. The molecule has 0 aliphatic heterocycles. The number of sulfone groups is 1. The molecule has 0 heterocycles. The van der Waals surface area contributed by atoms with Crippen molar-refractivity contribution in [2.75, 3.05) is 25.1 Å². The van der Waals surface area contributed by atoms with Crippen LogP contribution < -0.4 is 5.32 Å². The van der Waals surface area contributed by atoms with Gasteiger partial charge < -0.3 is 10.4 Å². The molecule has 5 heteroatoms. The van der Waals surface area contributed by atoms with E-state index in [9.17, 15) is 13.5 Å². The second-order valence-corrected chi connectivity index (χ2v) is 6.59. The zero-order valence-electron chi connectivity index (χ0n) is 10.6. The summed E-state index contributed by atoms with van der Waals surface area (Å²) < 4.78 is 21.7. The summed E-state index contributed by atoms with van der Waals surface area (Å²) in [6.45, 7) is 5.34. The van der Waals surface area contributed by atoms with E-state index in [4.69, 9.17) is 0 Å². The van der Waals surface area contributed by atoms with Crippen LogP contribution in [0.4, 0.5) is 0 Å². The fraction of sp³-hybridized carbons (Fsp3) is 1.00. The molecule has 0 rings (SSSR count). The van der Waals surface area contributed by atoms with Crippen LogP contribution in [0.1, 0.15) is 33.1 Å². The van der Waals surface area contributed by atoms with Crippen molar-refractivity contribution in [3.05, 3.63) is 0 Å². The molecule has 0 aromatic heterocycles. The Labute approximate surface area is 99.4 Å². The summed E-state index contributed by atoms with van der Waals surface area (Å²) >= 11 is 0. The SMILES string of the molecule is CCC(CC)C(O)CNCCCS(C)(=O)=O. The van der Waals surface area contributed by atoms with Crippen molar-refractivity contribution in [1.29, 1.82) is 0 Å². The lowest BCUT2D eigenvalue weighted by atomic mass is 9.96. The molecule has 0 aliphatic rings. The Balaban J connectivity index is 3.58. The number of aliphatic hydroxyl groups excluding tert-OH is 1. The second-order valence-electron chi connectivity index (χ2n) is 4.33. The van der Waals surface area contributed by atoms with Gasteiger partial charge in [-0.15, -0.1) is 0 Å². The maximum Gasteiger partial charge on any atom is 0.147 e. The van der Waals surface area contributed by atoms with Gasteiger partial charge in [-0.25, -0.2) is 8.42 Å². The summed E-state index contributed by atoms with van der Waals surface area (Å²) in [5.41, 5.74) is 0. The van der Waals surface area contributed by atoms with Gasteiger partial charge in [0.2, 0.25) is 0 Å². The van der Waals surface area contributed by atoms with Crippen molar-refractivity contribution in [1.82, 2.24) is 5.32 Å². The van der Waals surface area contributed by atoms with Gasteiger partial charge in [0.1, 0.15) is 9.84 Å². The molecule has 2 N–H and O–H groups in total. The highest BCUT2D eigenvalue weighted by atomic mass is 32.2. The Kier molecular flexibility index (Phi) is 7.97. The third kappa shape index (κ3) is 8.07. The summed E-state index contributed by atoms with van der Waals surface area (Å²) in [5, 5.41) is 12.9. The van der Waals surface area contributed by atoms with Crippen LogP contribution in [0.5, 0.6) is 0 Å². The Morgan fingerprint density at radius 2 is 1.81 bits per heavy atom. The first-order chi connectivity index (χ1) is 7.40. The van der Waals surface area contributed by atoms with Gasteiger partial charge in [-0.1, -0.05) is 26.7 Å². The first-order valence-corrected chi connectivity index (χ1v) is 8.03. The lowest BCUT2D eigenvalue weighted by Gasteiger charge is -2.20. The van der Waals surface area contributed by atoms with Gasteiger partial charge in [-0.2, -0.15) is 0 Å². The van der Waals surface area contributed by atoms with Crippen molar-refractivity contribution >= 4 is 9.84 Å². The summed E-state index contributed by atoms with van der Waals surface area (Å²) in [4.78, 5) is 0. The molecule has 0 fully saturated rings. The highest BCUT2D eigenvalue weighted by molar-refractivity contribution is 7.90. The lowest BCUT2D eigenvalue weighted by molar-refractivity contribution is 0.102. The maximum absolute atomic E-state index is 10.9. The smallest absolute Gasteiger partial charge is 0.147 e. The molecular weight excluding hydrogens is 226 g/mol. The van der Waals surface area contributed by atoms with Gasteiger partial charge in [0.15, 0.2) is 0 Å². The molecular formula is C11H25NO3S. The molecule has 16 heavy (non-hydrogen) atoms. The normalized spacial score (nSPS) is 14.3. The molecule has 0 aromatic carbocycles. The number of nitrogens with one attached hydrogen (secondary N) is 1. The highest BCUT2D eigenvalue weighted by Crippen LogP contribution is 2.11. The predicted molar refractivity (Wildman–Crippen MR) is 67.3 cm³/mol. The van der Waals surface area contributed by atoms with Gasteiger partial charge >= 0.3 is 0 Å². The Bertz CT molecular complexity index is 260. The van der Waals surface area contributed by atoms with Crippen LogP contribution in [0.25, 0.3) is 0 Å². The van der Waals surface area contributed by atoms with E-state index in [2.05, 4.69) is 19.2 Å². The minimum Gasteiger partial charge on any atom is -0.392 e. The zero-order chi connectivity index (χ0) is 12.6. The number of hydrogen-bond acceptors (Lipinski definition) is 4. The molecule has 0 aromatic rings. The van der Waals surface area contributed by atoms with Crippen LogP contribution in [-0.4, -0.2) is 44.7 Å². The van der Waals surface area contributed by atoms with Crippen LogP contribution in [0.15, 0.2) is 0 Å². The Hall–Kier alpha value is -0.130. The van der Waals surface area contributed by atoms with Gasteiger partial charge in [0, 0.05) is 12.8 Å². The van der Waals surface area contributed by atoms with Crippen molar-refractivity contribution in [2.45, 2.75) is 39.2 Å². The highest BCUT2D eigenvalue weighted by Gasteiger charge is 2.14. The van der Waals surface area contributed by atoms with Crippen LogP contribution in [0, 0.1) is 5.92 Å². The minimum absolute atomic E-state index is 0.209. The third-order valence-electron chi connectivity index (χ3n) is 2.82. The average molecular weight is 251 g/mol. The van der Waals surface area contributed by atoms with Crippen LogP contribution in [-0.2, 0) is 9.84 Å². The van der Waals surface area contributed by atoms with Crippen LogP contribution in [0.3, 0.4) is 0 Å². The van der Waals surface area contributed by atoms with Crippen molar-refractivity contribution in [3.8, 4) is 0 Å². The summed E-state index contributed by atoms with van der Waals surface area (Å²) in [6, 6.07) is 0. The van der Waals surface area contributed by atoms with Crippen LogP contribution >= 0.6 is 0 Å². The zero-order valence-corrected chi connectivity index (χ0v) is 11.4. The largest absolute Gasteiger partial charge is 0.392 e. The van der Waals surface area contributed by atoms with E-state index < -0.39 is 9.84 Å². The van der Waals surface area contributed by atoms with Crippen LogP contribution in [0.2, 0.25) is 0 Å². The Morgan fingerprint density at radius 3 is 2.25 bits per heavy atom. The van der Waals surface area contributed by atoms with Gasteiger partial charge in [0.25, 0.3) is 0 Å². The molecule has 0 saturated carbocycles. The monoisotopic (exact) mass is 251 g/mol. The standard InChI is InChI=1S/C11H25NO3S/c1-4-10(5-2)11(13)9-12-7-6-8-16(3,14)15/h10-13H,4-9H2,1-3H3. The van der Waals surface area contributed by atoms with E-state index in [0.717, 1.165) is 12.8 Å². The minimum atomic E-state index is -2.85. The topological polar surface area (TPSA) is 66.4 Å². The molecule has 0 amide bonds. The number of aliphatic hydroxyl groups is 1. The van der Waals surface area contributed by atoms with Crippen molar-refractivity contribution in [2.24, 2.45) is 5.92 Å². The predicted octanol–water partition coefficient (Wildman–Crippen LogP) is 0.808. The van der Waals surface area contributed by atoms with E-state index in [-0.39, 0.29) is 11.9 Å². The number of rotatable bonds is 9. The molecule has 1 unspecified atom stereocenters. The molecule has 1 atom stereocenters. The Morgan fingerprint density at radius 1 is 1.25 bits per heavy atom. The molecule has 0 saturated heterocycles. The molecule has 0 radical (unpaired) electrons. The fourth-order valence-electron chi connectivity index (χ4n) is 1.71. The average Bonchev–Trinajstić information content (AvgIpc) is 2.17. The third-order valence-corrected chi connectivity index (χ3v) is 3.85. The van der Waals surface area contributed by atoms with E-state index in [1.54, 1.807) is 0 Å². The van der Waals surface area contributed by atoms with Crippen molar-refractivity contribution < 1.29 is 13.5 Å².